The lowest BCUT2D eigenvalue weighted by molar-refractivity contribution is -0.158. The zero-order valence-corrected chi connectivity index (χ0v) is 12.7. The molecule has 1 aliphatic heterocycles. The van der Waals surface area contributed by atoms with Gasteiger partial charge in [-0.05, 0) is 18.8 Å². The molecular weight excluding hydrogens is 260 g/mol. The van der Waals surface area contributed by atoms with Crippen LogP contribution in [0.1, 0.15) is 34.1 Å². The minimum absolute atomic E-state index is 0.102. The molecule has 0 bridgehead atoms. The number of amides is 1. The Morgan fingerprint density at radius 2 is 1.90 bits per heavy atom. The third-order valence-corrected chi connectivity index (χ3v) is 4.01. The highest BCUT2D eigenvalue weighted by molar-refractivity contribution is 5.74. The molecular formula is C14H26N2O4. The topological polar surface area (TPSA) is 90.7 Å². The molecule has 6 heteroatoms. The Balaban J connectivity index is 2.83. The summed E-state index contributed by atoms with van der Waals surface area (Å²) in [5, 5.41) is 2.89. The summed E-state index contributed by atoms with van der Waals surface area (Å²) in [6.07, 6.45) is -0.362. The number of ether oxygens (including phenoxy) is 2. The standard InChI is InChI=1S/C14H26N2O4/c1-5-19-13(18)6-11-14(16-10(4)17)9(3)8(2)12(7-15)20-11/h8-9,11-12,14H,5-7,15H2,1-4H3,(H,16,17)/t8-,9-,11-,12+,14?/m0/s1. The first-order valence-electron chi connectivity index (χ1n) is 7.18. The summed E-state index contributed by atoms with van der Waals surface area (Å²) in [5.41, 5.74) is 5.73. The lowest BCUT2D eigenvalue weighted by Gasteiger charge is -2.44. The van der Waals surface area contributed by atoms with Gasteiger partial charge in [0.05, 0.1) is 31.3 Å². The molecule has 116 valence electrons. The van der Waals surface area contributed by atoms with E-state index in [2.05, 4.69) is 19.2 Å². The molecule has 0 aliphatic carbocycles. The highest BCUT2D eigenvalue weighted by Crippen LogP contribution is 2.31. The number of esters is 1. The van der Waals surface area contributed by atoms with Crippen molar-refractivity contribution in [2.24, 2.45) is 17.6 Å². The Kier molecular flexibility index (Phi) is 6.42. The van der Waals surface area contributed by atoms with E-state index < -0.39 is 6.10 Å². The van der Waals surface area contributed by atoms with Gasteiger partial charge in [0.25, 0.3) is 0 Å². The van der Waals surface area contributed by atoms with Gasteiger partial charge in [-0.1, -0.05) is 13.8 Å². The Labute approximate surface area is 120 Å². The van der Waals surface area contributed by atoms with E-state index in [4.69, 9.17) is 15.2 Å². The fourth-order valence-corrected chi connectivity index (χ4v) is 2.73. The lowest BCUT2D eigenvalue weighted by atomic mass is 9.79. The number of hydrogen-bond acceptors (Lipinski definition) is 5. The van der Waals surface area contributed by atoms with E-state index >= 15 is 0 Å². The summed E-state index contributed by atoms with van der Waals surface area (Å²) in [6, 6.07) is -0.199. The number of carbonyl (C=O) groups is 2. The summed E-state index contributed by atoms with van der Waals surface area (Å²) in [4.78, 5) is 23.0. The number of nitrogens with two attached hydrogens (primary N) is 1. The van der Waals surface area contributed by atoms with Crippen LogP contribution in [0, 0.1) is 11.8 Å². The van der Waals surface area contributed by atoms with Gasteiger partial charge >= 0.3 is 5.97 Å². The van der Waals surface area contributed by atoms with Crippen molar-refractivity contribution in [2.45, 2.75) is 52.4 Å². The molecule has 0 aromatic carbocycles. The van der Waals surface area contributed by atoms with Gasteiger partial charge in [0, 0.05) is 13.5 Å². The maximum absolute atomic E-state index is 11.7. The van der Waals surface area contributed by atoms with Crippen LogP contribution in [0.2, 0.25) is 0 Å². The van der Waals surface area contributed by atoms with E-state index in [0.29, 0.717) is 13.2 Å². The first-order chi connectivity index (χ1) is 9.40. The third-order valence-electron chi connectivity index (χ3n) is 4.01. The van der Waals surface area contributed by atoms with E-state index in [-0.39, 0.29) is 42.3 Å². The van der Waals surface area contributed by atoms with Crippen molar-refractivity contribution in [3.05, 3.63) is 0 Å². The molecule has 1 amide bonds. The van der Waals surface area contributed by atoms with Crippen LogP contribution in [0.25, 0.3) is 0 Å². The molecule has 1 heterocycles. The van der Waals surface area contributed by atoms with Crippen LogP contribution in [0.5, 0.6) is 0 Å². The highest BCUT2D eigenvalue weighted by Gasteiger charge is 2.42. The zero-order valence-electron chi connectivity index (χ0n) is 12.7. The summed E-state index contributed by atoms with van der Waals surface area (Å²) in [6.45, 7) is 8.07. The van der Waals surface area contributed by atoms with Gasteiger partial charge < -0.3 is 20.5 Å². The van der Waals surface area contributed by atoms with Gasteiger partial charge in [-0.2, -0.15) is 0 Å². The van der Waals surface area contributed by atoms with Crippen LogP contribution in [0.4, 0.5) is 0 Å². The van der Waals surface area contributed by atoms with E-state index in [0.717, 1.165) is 0 Å². The number of hydrogen-bond donors (Lipinski definition) is 2. The maximum atomic E-state index is 11.7. The molecule has 0 aromatic heterocycles. The number of nitrogens with one attached hydrogen (secondary N) is 1. The molecule has 3 N–H and O–H groups in total. The van der Waals surface area contributed by atoms with E-state index in [1.807, 2.05) is 0 Å². The summed E-state index contributed by atoms with van der Waals surface area (Å²) in [7, 11) is 0. The van der Waals surface area contributed by atoms with Crippen molar-refractivity contribution >= 4 is 11.9 Å². The van der Waals surface area contributed by atoms with Gasteiger partial charge in [0.1, 0.15) is 0 Å². The summed E-state index contributed by atoms with van der Waals surface area (Å²) in [5.74, 6) is -0.0426. The smallest absolute Gasteiger partial charge is 0.308 e. The first-order valence-corrected chi connectivity index (χ1v) is 7.18. The molecule has 1 rings (SSSR count). The van der Waals surface area contributed by atoms with Crippen LogP contribution < -0.4 is 11.1 Å². The van der Waals surface area contributed by atoms with Crippen molar-refractivity contribution in [3.63, 3.8) is 0 Å². The van der Waals surface area contributed by atoms with Crippen LogP contribution in [-0.4, -0.2) is 43.3 Å². The molecule has 1 unspecified atom stereocenters. The quantitative estimate of drug-likeness (QED) is 0.716. The van der Waals surface area contributed by atoms with Crippen LogP contribution >= 0.6 is 0 Å². The van der Waals surface area contributed by atoms with Gasteiger partial charge in [-0.25, -0.2) is 0 Å². The van der Waals surface area contributed by atoms with Gasteiger partial charge in [-0.3, -0.25) is 9.59 Å². The van der Waals surface area contributed by atoms with Crippen molar-refractivity contribution in [1.82, 2.24) is 5.32 Å². The van der Waals surface area contributed by atoms with Gasteiger partial charge in [0.15, 0.2) is 0 Å². The number of rotatable bonds is 5. The SMILES string of the molecule is CCOC(=O)C[C@@H]1O[C@H](CN)[C@@H](C)[C@H](C)C1NC(C)=O. The second-order valence-electron chi connectivity index (χ2n) is 5.40. The molecule has 0 spiro atoms. The third kappa shape index (κ3) is 4.18. The highest BCUT2D eigenvalue weighted by atomic mass is 16.5. The van der Waals surface area contributed by atoms with Crippen LogP contribution in [-0.2, 0) is 19.1 Å². The predicted octanol–water partition coefficient (Wildman–Crippen LogP) is 0.443. The van der Waals surface area contributed by atoms with Crippen molar-refractivity contribution in [2.75, 3.05) is 13.2 Å². The molecule has 0 saturated carbocycles. The summed E-state index contributed by atoms with van der Waals surface area (Å²) >= 11 is 0. The fraction of sp³-hybridized carbons (Fsp3) is 0.857. The van der Waals surface area contributed by atoms with Crippen LogP contribution in [0.15, 0.2) is 0 Å². The van der Waals surface area contributed by atoms with Gasteiger partial charge in [0.2, 0.25) is 5.91 Å². The average Bonchev–Trinajstić information content (AvgIpc) is 2.38. The summed E-state index contributed by atoms with van der Waals surface area (Å²) < 4.78 is 10.9. The number of carbonyl (C=O) groups excluding carboxylic acids is 2. The Hall–Kier alpha value is -1.14. The Morgan fingerprint density at radius 3 is 2.40 bits per heavy atom. The minimum Gasteiger partial charge on any atom is -0.466 e. The molecule has 5 atom stereocenters. The monoisotopic (exact) mass is 286 g/mol. The average molecular weight is 286 g/mol. The molecule has 1 aliphatic rings. The van der Waals surface area contributed by atoms with Crippen molar-refractivity contribution in [1.29, 1.82) is 0 Å². The van der Waals surface area contributed by atoms with Gasteiger partial charge in [-0.15, -0.1) is 0 Å². The Bertz CT molecular complexity index is 348. The molecule has 6 nitrogen and oxygen atoms in total. The second-order valence-corrected chi connectivity index (χ2v) is 5.40. The minimum atomic E-state index is -0.391. The molecule has 0 aromatic rings. The first kappa shape index (κ1) is 16.9. The largest absolute Gasteiger partial charge is 0.466 e. The van der Waals surface area contributed by atoms with E-state index in [1.54, 1.807) is 6.92 Å². The van der Waals surface area contributed by atoms with E-state index in [1.165, 1.54) is 6.92 Å². The molecule has 0 radical (unpaired) electrons. The maximum Gasteiger partial charge on any atom is 0.308 e. The Morgan fingerprint density at radius 1 is 1.25 bits per heavy atom. The molecule has 1 fully saturated rings. The van der Waals surface area contributed by atoms with Crippen molar-refractivity contribution < 1.29 is 19.1 Å². The van der Waals surface area contributed by atoms with Crippen molar-refractivity contribution in [3.8, 4) is 0 Å². The fourth-order valence-electron chi connectivity index (χ4n) is 2.73. The van der Waals surface area contributed by atoms with E-state index in [9.17, 15) is 9.59 Å². The second kappa shape index (κ2) is 7.59. The molecule has 20 heavy (non-hydrogen) atoms. The predicted molar refractivity (Wildman–Crippen MR) is 74.9 cm³/mol. The lowest BCUT2D eigenvalue weighted by Crippen LogP contribution is -2.58. The molecule has 1 saturated heterocycles. The normalized spacial score (nSPS) is 33.5. The van der Waals surface area contributed by atoms with Crippen LogP contribution in [0.3, 0.4) is 0 Å². The zero-order chi connectivity index (χ0) is 15.3.